The second-order valence-electron chi connectivity index (χ2n) is 4.02. The highest BCUT2D eigenvalue weighted by atomic mass is 35.5. The number of hydrogen-bond donors (Lipinski definition) is 1. The Morgan fingerprint density at radius 3 is 2.65 bits per heavy atom. The van der Waals surface area contributed by atoms with Crippen molar-refractivity contribution >= 4 is 28.9 Å². The van der Waals surface area contributed by atoms with Gasteiger partial charge in [0.05, 0.1) is 15.6 Å². The number of benzene rings is 1. The summed E-state index contributed by atoms with van der Waals surface area (Å²) in [7, 11) is 0. The number of pyridine rings is 1. The molecule has 0 aliphatic carbocycles. The van der Waals surface area contributed by atoms with Crippen LogP contribution >= 0.6 is 23.2 Å². The molecule has 2 N–H and O–H groups in total. The van der Waals surface area contributed by atoms with Crippen LogP contribution in [0.1, 0.15) is 0 Å². The van der Waals surface area contributed by atoms with E-state index in [1.165, 1.54) is 6.20 Å². The van der Waals surface area contributed by atoms with Crippen molar-refractivity contribution in [2.75, 3.05) is 5.73 Å². The molecular weight excluding hydrogens is 299 g/mol. The number of hydrogen-bond acceptors (Lipinski definition) is 5. The molecule has 0 amide bonds. The zero-order chi connectivity index (χ0) is 14.1. The minimum atomic E-state index is 0.307. The van der Waals surface area contributed by atoms with E-state index in [9.17, 15) is 0 Å². The summed E-state index contributed by atoms with van der Waals surface area (Å²) in [6.45, 7) is 0. The lowest BCUT2D eigenvalue weighted by atomic mass is 10.2. The molecule has 3 rings (SSSR count). The van der Waals surface area contributed by atoms with Gasteiger partial charge in [0.2, 0.25) is 5.82 Å². The monoisotopic (exact) mass is 306 g/mol. The normalized spacial score (nSPS) is 10.7. The molecule has 0 aliphatic heterocycles. The lowest BCUT2D eigenvalue weighted by Crippen LogP contribution is -1.87. The molecule has 0 fully saturated rings. The lowest BCUT2D eigenvalue weighted by Gasteiger charge is -1.99. The van der Waals surface area contributed by atoms with E-state index in [1.807, 2.05) is 0 Å². The van der Waals surface area contributed by atoms with E-state index in [4.69, 9.17) is 33.5 Å². The molecule has 1 aromatic carbocycles. The Labute approximate surface area is 124 Å². The molecule has 2 heterocycles. The molecule has 3 aromatic rings. The van der Waals surface area contributed by atoms with E-state index < -0.39 is 0 Å². The molecule has 2 aromatic heterocycles. The SMILES string of the molecule is Nc1ccc(-c2nc(-c3ccc(Cl)cn3)no2)c(Cl)c1. The molecule has 0 bridgehead atoms. The summed E-state index contributed by atoms with van der Waals surface area (Å²) in [6.07, 6.45) is 1.52. The third-order valence-corrected chi connectivity index (χ3v) is 3.14. The molecule has 0 unspecified atom stereocenters. The van der Waals surface area contributed by atoms with E-state index in [2.05, 4.69) is 15.1 Å². The summed E-state index contributed by atoms with van der Waals surface area (Å²) in [5.74, 6) is 0.673. The van der Waals surface area contributed by atoms with Crippen LogP contribution in [-0.4, -0.2) is 15.1 Å². The van der Waals surface area contributed by atoms with Crippen molar-refractivity contribution in [2.24, 2.45) is 0 Å². The molecule has 0 spiro atoms. The average molecular weight is 307 g/mol. The van der Waals surface area contributed by atoms with Gasteiger partial charge in [0.15, 0.2) is 0 Å². The van der Waals surface area contributed by atoms with Crippen molar-refractivity contribution in [2.45, 2.75) is 0 Å². The maximum Gasteiger partial charge on any atom is 0.259 e. The van der Waals surface area contributed by atoms with Gasteiger partial charge in [0, 0.05) is 11.9 Å². The van der Waals surface area contributed by atoms with Crippen LogP contribution in [0.2, 0.25) is 10.0 Å². The molecule has 0 saturated carbocycles. The Morgan fingerprint density at radius 1 is 1.10 bits per heavy atom. The highest BCUT2D eigenvalue weighted by molar-refractivity contribution is 6.33. The van der Waals surface area contributed by atoms with Crippen molar-refractivity contribution < 1.29 is 4.52 Å². The number of halogens is 2. The summed E-state index contributed by atoms with van der Waals surface area (Å²) in [5, 5.41) is 4.86. The van der Waals surface area contributed by atoms with Crippen LogP contribution in [0.15, 0.2) is 41.1 Å². The van der Waals surface area contributed by atoms with E-state index >= 15 is 0 Å². The zero-order valence-electron chi connectivity index (χ0n) is 10.0. The van der Waals surface area contributed by atoms with Gasteiger partial charge < -0.3 is 10.3 Å². The Kier molecular flexibility index (Phi) is 3.30. The zero-order valence-corrected chi connectivity index (χ0v) is 11.6. The first-order valence-corrected chi connectivity index (χ1v) is 6.40. The van der Waals surface area contributed by atoms with Gasteiger partial charge in [0.1, 0.15) is 5.69 Å². The molecular formula is C13H8Cl2N4O. The average Bonchev–Trinajstić information content (AvgIpc) is 2.89. The molecule has 7 heteroatoms. The largest absolute Gasteiger partial charge is 0.399 e. The molecule has 0 radical (unpaired) electrons. The van der Waals surface area contributed by atoms with E-state index in [1.54, 1.807) is 30.3 Å². The Morgan fingerprint density at radius 2 is 1.95 bits per heavy atom. The first-order valence-electron chi connectivity index (χ1n) is 5.64. The van der Waals surface area contributed by atoms with Crippen molar-refractivity contribution in [1.82, 2.24) is 15.1 Å². The third-order valence-electron chi connectivity index (χ3n) is 2.61. The third kappa shape index (κ3) is 2.45. The maximum absolute atomic E-state index is 6.10. The van der Waals surface area contributed by atoms with Gasteiger partial charge in [-0.25, -0.2) is 0 Å². The Balaban J connectivity index is 1.99. The number of anilines is 1. The molecule has 100 valence electrons. The molecule has 0 atom stereocenters. The topological polar surface area (TPSA) is 77.8 Å². The number of aromatic nitrogens is 3. The fourth-order valence-electron chi connectivity index (χ4n) is 1.65. The van der Waals surface area contributed by atoms with E-state index in [0.717, 1.165) is 0 Å². The number of nitrogens with zero attached hydrogens (tertiary/aromatic N) is 3. The Bertz CT molecular complexity index is 755. The van der Waals surface area contributed by atoms with Crippen LogP contribution < -0.4 is 5.73 Å². The van der Waals surface area contributed by atoms with Crippen LogP contribution in [-0.2, 0) is 0 Å². The summed E-state index contributed by atoms with van der Waals surface area (Å²) >= 11 is 11.9. The van der Waals surface area contributed by atoms with Gasteiger partial charge in [-0.15, -0.1) is 0 Å². The van der Waals surface area contributed by atoms with Crippen LogP contribution in [0, 0.1) is 0 Å². The second-order valence-corrected chi connectivity index (χ2v) is 4.87. The number of rotatable bonds is 2. The van der Waals surface area contributed by atoms with Crippen LogP contribution in [0.3, 0.4) is 0 Å². The highest BCUT2D eigenvalue weighted by Crippen LogP contribution is 2.29. The van der Waals surface area contributed by atoms with Crippen LogP contribution in [0.4, 0.5) is 5.69 Å². The molecule has 5 nitrogen and oxygen atoms in total. The van der Waals surface area contributed by atoms with Crippen molar-refractivity contribution in [1.29, 1.82) is 0 Å². The van der Waals surface area contributed by atoms with Crippen molar-refractivity contribution in [3.05, 3.63) is 46.6 Å². The lowest BCUT2D eigenvalue weighted by molar-refractivity contribution is 0.432. The first kappa shape index (κ1) is 12.9. The highest BCUT2D eigenvalue weighted by Gasteiger charge is 2.14. The molecule has 20 heavy (non-hydrogen) atoms. The van der Waals surface area contributed by atoms with Gasteiger partial charge in [-0.1, -0.05) is 28.4 Å². The van der Waals surface area contributed by atoms with Crippen molar-refractivity contribution in [3.63, 3.8) is 0 Å². The fraction of sp³-hybridized carbons (Fsp3) is 0. The van der Waals surface area contributed by atoms with Crippen molar-refractivity contribution in [3.8, 4) is 23.0 Å². The predicted octanol–water partition coefficient (Wildman–Crippen LogP) is 3.69. The first-order chi connectivity index (χ1) is 9.63. The van der Waals surface area contributed by atoms with Gasteiger partial charge in [0.25, 0.3) is 5.89 Å². The van der Waals surface area contributed by atoms with Gasteiger partial charge >= 0.3 is 0 Å². The van der Waals surface area contributed by atoms with E-state index in [0.29, 0.717) is 38.7 Å². The smallest absolute Gasteiger partial charge is 0.259 e. The van der Waals surface area contributed by atoms with Gasteiger partial charge in [-0.3, -0.25) is 4.98 Å². The minimum Gasteiger partial charge on any atom is -0.399 e. The predicted molar refractivity (Wildman–Crippen MR) is 77.4 cm³/mol. The Hall–Kier alpha value is -2.11. The van der Waals surface area contributed by atoms with Gasteiger partial charge in [-0.2, -0.15) is 4.98 Å². The molecule has 0 saturated heterocycles. The van der Waals surface area contributed by atoms with Gasteiger partial charge in [-0.05, 0) is 30.3 Å². The summed E-state index contributed by atoms with van der Waals surface area (Å²) < 4.78 is 5.20. The number of nitrogens with two attached hydrogens (primary N) is 1. The molecule has 0 aliphatic rings. The quantitative estimate of drug-likeness (QED) is 0.731. The standard InChI is InChI=1S/C13H8Cl2N4O/c14-7-1-4-11(17-6-7)12-18-13(20-19-12)9-3-2-8(16)5-10(9)15/h1-6H,16H2. The summed E-state index contributed by atoms with van der Waals surface area (Å²) in [6, 6.07) is 8.48. The summed E-state index contributed by atoms with van der Waals surface area (Å²) in [5.41, 5.74) is 7.39. The number of nitrogen functional groups attached to an aromatic ring is 1. The fourth-order valence-corrected chi connectivity index (χ4v) is 2.03. The summed E-state index contributed by atoms with van der Waals surface area (Å²) in [4.78, 5) is 8.38. The second kappa shape index (κ2) is 5.11. The van der Waals surface area contributed by atoms with E-state index in [-0.39, 0.29) is 0 Å². The van der Waals surface area contributed by atoms with Crippen LogP contribution in [0.25, 0.3) is 23.0 Å². The maximum atomic E-state index is 6.10. The minimum absolute atomic E-state index is 0.307. The van der Waals surface area contributed by atoms with Crippen LogP contribution in [0.5, 0.6) is 0 Å².